The molecule has 2 N–H and O–H groups in total. The van der Waals surface area contributed by atoms with E-state index in [4.69, 9.17) is 15.2 Å². The predicted octanol–water partition coefficient (Wildman–Crippen LogP) is 2.90. The zero-order chi connectivity index (χ0) is 16.1. The summed E-state index contributed by atoms with van der Waals surface area (Å²) in [7, 11) is 0. The summed E-state index contributed by atoms with van der Waals surface area (Å²) in [6, 6.07) is 3.45. The number of carbonyl (C=O) groups excluding carboxylic acids is 2. The number of nitrogen functional groups attached to an aromatic ring is 1. The number of ether oxygens (including phenoxy) is 2. The van der Waals surface area contributed by atoms with Crippen LogP contribution in [0, 0.1) is 0 Å². The van der Waals surface area contributed by atoms with Crippen LogP contribution < -0.4 is 5.73 Å². The topological polar surface area (TPSA) is 78.6 Å². The molecule has 0 aromatic heterocycles. The standard InChI is InChI=1S/C17H21NO4/c1-3-21-15(19)8-7-12-9-13(17(20)22-4-2)10-14(16(12)18)11-5-6-11/h7-11H,3-6,18H2,1-2H3/b8-7+. The summed E-state index contributed by atoms with van der Waals surface area (Å²) in [6.45, 7) is 4.13. The Hall–Kier alpha value is -2.30. The van der Waals surface area contributed by atoms with Crippen molar-refractivity contribution in [1.29, 1.82) is 0 Å². The van der Waals surface area contributed by atoms with Gasteiger partial charge in [-0.3, -0.25) is 0 Å². The fraction of sp³-hybridized carbons (Fsp3) is 0.412. The van der Waals surface area contributed by atoms with Crippen LogP contribution in [0.15, 0.2) is 18.2 Å². The van der Waals surface area contributed by atoms with Gasteiger partial charge in [-0.25, -0.2) is 9.59 Å². The highest BCUT2D eigenvalue weighted by Crippen LogP contribution is 2.44. The molecule has 5 nitrogen and oxygen atoms in total. The van der Waals surface area contributed by atoms with Crippen LogP contribution in [-0.4, -0.2) is 25.2 Å². The molecule has 5 heteroatoms. The zero-order valence-corrected chi connectivity index (χ0v) is 12.9. The van der Waals surface area contributed by atoms with E-state index in [-0.39, 0.29) is 5.97 Å². The van der Waals surface area contributed by atoms with Gasteiger partial charge in [0.25, 0.3) is 0 Å². The van der Waals surface area contributed by atoms with Crippen LogP contribution >= 0.6 is 0 Å². The molecule has 0 heterocycles. The summed E-state index contributed by atoms with van der Waals surface area (Å²) >= 11 is 0. The van der Waals surface area contributed by atoms with Crippen molar-refractivity contribution in [3.05, 3.63) is 34.9 Å². The predicted molar refractivity (Wildman–Crippen MR) is 84.5 cm³/mol. The van der Waals surface area contributed by atoms with E-state index in [0.29, 0.717) is 35.9 Å². The molecule has 0 aliphatic heterocycles. The van der Waals surface area contributed by atoms with E-state index in [2.05, 4.69) is 0 Å². The average Bonchev–Trinajstić information content (AvgIpc) is 3.31. The first kappa shape index (κ1) is 16.1. The number of hydrogen-bond donors (Lipinski definition) is 1. The van der Waals surface area contributed by atoms with Crippen LogP contribution in [0.2, 0.25) is 0 Å². The Morgan fingerprint density at radius 1 is 1.23 bits per heavy atom. The molecule has 0 unspecified atom stereocenters. The summed E-state index contributed by atoms with van der Waals surface area (Å²) in [5.41, 5.74) is 8.83. The molecule has 0 amide bonds. The largest absolute Gasteiger partial charge is 0.463 e. The van der Waals surface area contributed by atoms with Crippen molar-refractivity contribution in [2.24, 2.45) is 0 Å². The molecule has 0 atom stereocenters. The average molecular weight is 303 g/mol. The van der Waals surface area contributed by atoms with Gasteiger partial charge in [-0.05, 0) is 61.9 Å². The maximum atomic E-state index is 12.0. The third-order valence-electron chi connectivity index (χ3n) is 3.46. The lowest BCUT2D eigenvalue weighted by Gasteiger charge is -2.11. The van der Waals surface area contributed by atoms with Crippen LogP contribution in [-0.2, 0) is 14.3 Å². The number of rotatable bonds is 6. The van der Waals surface area contributed by atoms with Gasteiger partial charge in [0.1, 0.15) is 0 Å². The highest BCUT2D eigenvalue weighted by atomic mass is 16.5. The molecule has 1 fully saturated rings. The first-order valence-corrected chi connectivity index (χ1v) is 7.52. The van der Waals surface area contributed by atoms with E-state index in [0.717, 1.165) is 18.4 Å². The normalized spacial score (nSPS) is 14.1. The van der Waals surface area contributed by atoms with Gasteiger partial charge >= 0.3 is 11.9 Å². The van der Waals surface area contributed by atoms with Crippen molar-refractivity contribution in [3.63, 3.8) is 0 Å². The van der Waals surface area contributed by atoms with Crippen LogP contribution in [0.25, 0.3) is 6.08 Å². The Bertz CT molecular complexity index is 603. The van der Waals surface area contributed by atoms with Gasteiger partial charge < -0.3 is 15.2 Å². The molecule has 1 aromatic carbocycles. The Labute approximate surface area is 130 Å². The minimum atomic E-state index is -0.434. The summed E-state index contributed by atoms with van der Waals surface area (Å²) in [6.07, 6.45) is 5.04. The highest BCUT2D eigenvalue weighted by molar-refractivity contribution is 5.94. The van der Waals surface area contributed by atoms with Crippen molar-refractivity contribution >= 4 is 23.7 Å². The van der Waals surface area contributed by atoms with Crippen molar-refractivity contribution in [1.82, 2.24) is 0 Å². The van der Waals surface area contributed by atoms with Crippen LogP contribution in [0.5, 0.6) is 0 Å². The number of carbonyl (C=O) groups is 2. The van der Waals surface area contributed by atoms with E-state index in [9.17, 15) is 9.59 Å². The van der Waals surface area contributed by atoms with Crippen molar-refractivity contribution in [2.75, 3.05) is 18.9 Å². The molecular weight excluding hydrogens is 282 g/mol. The summed E-state index contributed by atoms with van der Waals surface area (Å²) in [4.78, 5) is 23.4. The zero-order valence-electron chi connectivity index (χ0n) is 12.9. The van der Waals surface area contributed by atoms with Crippen molar-refractivity contribution in [3.8, 4) is 0 Å². The number of benzene rings is 1. The second kappa shape index (κ2) is 7.11. The van der Waals surface area contributed by atoms with E-state index in [1.165, 1.54) is 6.08 Å². The third kappa shape index (κ3) is 3.87. The second-order valence-corrected chi connectivity index (χ2v) is 5.15. The van der Waals surface area contributed by atoms with Gasteiger partial charge in [-0.2, -0.15) is 0 Å². The minimum absolute atomic E-state index is 0.314. The first-order chi connectivity index (χ1) is 10.6. The van der Waals surface area contributed by atoms with Gasteiger partial charge in [0.15, 0.2) is 0 Å². The lowest BCUT2D eigenvalue weighted by molar-refractivity contribution is -0.137. The monoisotopic (exact) mass is 303 g/mol. The molecule has 118 valence electrons. The Morgan fingerprint density at radius 2 is 1.91 bits per heavy atom. The molecule has 1 aromatic rings. The van der Waals surface area contributed by atoms with Crippen LogP contribution in [0.4, 0.5) is 5.69 Å². The summed E-state index contributed by atoms with van der Waals surface area (Å²) in [5, 5.41) is 0. The van der Waals surface area contributed by atoms with E-state index in [1.807, 2.05) is 0 Å². The number of hydrogen-bond acceptors (Lipinski definition) is 5. The Kier molecular flexibility index (Phi) is 5.20. The smallest absolute Gasteiger partial charge is 0.338 e. The summed E-state index contributed by atoms with van der Waals surface area (Å²) in [5.74, 6) is -0.421. The fourth-order valence-electron chi connectivity index (χ4n) is 2.25. The summed E-state index contributed by atoms with van der Waals surface area (Å²) < 4.78 is 9.90. The maximum absolute atomic E-state index is 12.0. The van der Waals surface area contributed by atoms with E-state index < -0.39 is 5.97 Å². The highest BCUT2D eigenvalue weighted by Gasteiger charge is 2.27. The Morgan fingerprint density at radius 3 is 2.50 bits per heavy atom. The van der Waals surface area contributed by atoms with Gasteiger partial charge in [-0.15, -0.1) is 0 Å². The van der Waals surface area contributed by atoms with Crippen LogP contribution in [0.1, 0.15) is 54.1 Å². The molecule has 0 spiro atoms. The fourth-order valence-corrected chi connectivity index (χ4v) is 2.25. The maximum Gasteiger partial charge on any atom is 0.338 e. The molecule has 1 aliphatic carbocycles. The molecule has 0 bridgehead atoms. The Balaban J connectivity index is 2.34. The van der Waals surface area contributed by atoms with E-state index >= 15 is 0 Å². The van der Waals surface area contributed by atoms with Crippen molar-refractivity contribution < 1.29 is 19.1 Å². The molecule has 0 saturated heterocycles. The van der Waals surface area contributed by atoms with Gasteiger partial charge in [0.2, 0.25) is 0 Å². The lowest BCUT2D eigenvalue weighted by atomic mass is 9.99. The van der Waals surface area contributed by atoms with E-state index in [1.54, 1.807) is 32.1 Å². The van der Waals surface area contributed by atoms with Gasteiger partial charge in [-0.1, -0.05) is 0 Å². The third-order valence-corrected chi connectivity index (χ3v) is 3.46. The lowest BCUT2D eigenvalue weighted by Crippen LogP contribution is -2.08. The molecule has 22 heavy (non-hydrogen) atoms. The molecule has 1 aliphatic rings. The van der Waals surface area contributed by atoms with Crippen LogP contribution in [0.3, 0.4) is 0 Å². The number of anilines is 1. The quantitative estimate of drug-likeness (QED) is 0.496. The van der Waals surface area contributed by atoms with Crippen molar-refractivity contribution in [2.45, 2.75) is 32.6 Å². The number of nitrogens with two attached hydrogens (primary N) is 1. The first-order valence-electron chi connectivity index (χ1n) is 7.52. The molecular formula is C17H21NO4. The molecule has 1 saturated carbocycles. The molecule has 0 radical (unpaired) electrons. The molecule has 2 rings (SSSR count). The SMILES string of the molecule is CCOC(=O)/C=C/c1cc(C(=O)OCC)cc(C2CC2)c1N. The second-order valence-electron chi connectivity index (χ2n) is 5.15. The minimum Gasteiger partial charge on any atom is -0.463 e. The van der Waals surface area contributed by atoms with Gasteiger partial charge in [0.05, 0.1) is 18.8 Å². The van der Waals surface area contributed by atoms with Gasteiger partial charge in [0, 0.05) is 11.8 Å². The number of esters is 2.